The molecule has 3 aromatic carbocycles. The Labute approximate surface area is 216 Å². The van der Waals surface area contributed by atoms with Crippen LogP contribution < -0.4 is 14.8 Å². The van der Waals surface area contributed by atoms with E-state index in [1.54, 1.807) is 6.07 Å². The van der Waals surface area contributed by atoms with Crippen LogP contribution in [0.4, 0.5) is 5.69 Å². The highest BCUT2D eigenvalue weighted by Gasteiger charge is 2.37. The van der Waals surface area contributed by atoms with Crippen molar-refractivity contribution < 1.29 is 19.2 Å². The van der Waals surface area contributed by atoms with Gasteiger partial charge in [0.2, 0.25) is 12.7 Å². The van der Waals surface area contributed by atoms with E-state index in [4.69, 9.17) is 9.47 Å². The zero-order valence-electron chi connectivity index (χ0n) is 20.7. The van der Waals surface area contributed by atoms with Crippen molar-refractivity contribution in [3.63, 3.8) is 0 Å². The van der Waals surface area contributed by atoms with Crippen molar-refractivity contribution in [2.75, 3.05) is 6.79 Å². The molecule has 5 rings (SSSR count). The van der Waals surface area contributed by atoms with Crippen molar-refractivity contribution >= 4 is 11.6 Å². The number of nitrogens with zero attached hydrogens (tertiary/aromatic N) is 2. The van der Waals surface area contributed by atoms with E-state index in [9.17, 15) is 14.9 Å². The number of carbonyl (C=O) groups excluding carboxylic acids is 1. The Morgan fingerprint density at radius 2 is 1.49 bits per heavy atom. The summed E-state index contributed by atoms with van der Waals surface area (Å²) >= 11 is 0. The van der Waals surface area contributed by atoms with Crippen LogP contribution in [0.5, 0.6) is 11.5 Å². The second-order valence-corrected chi connectivity index (χ2v) is 9.64. The van der Waals surface area contributed by atoms with Gasteiger partial charge in [0.05, 0.1) is 16.6 Å². The summed E-state index contributed by atoms with van der Waals surface area (Å²) in [7, 11) is 0. The maximum atomic E-state index is 14.1. The van der Waals surface area contributed by atoms with Crippen molar-refractivity contribution in [3.8, 4) is 11.5 Å². The number of fused-ring (bicyclic) bond motifs is 1. The predicted octanol–water partition coefficient (Wildman–Crippen LogP) is 5.52. The van der Waals surface area contributed by atoms with E-state index in [0.29, 0.717) is 30.2 Å². The third kappa shape index (κ3) is 5.91. The summed E-state index contributed by atoms with van der Waals surface area (Å²) in [6, 6.07) is 21.9. The smallest absolute Gasteiger partial charge is 0.278 e. The van der Waals surface area contributed by atoms with Crippen molar-refractivity contribution in [2.24, 2.45) is 0 Å². The van der Waals surface area contributed by atoms with Gasteiger partial charge in [0, 0.05) is 19.1 Å². The molecule has 1 aliphatic carbocycles. The van der Waals surface area contributed by atoms with E-state index < -0.39 is 11.0 Å². The van der Waals surface area contributed by atoms with E-state index in [1.165, 1.54) is 6.07 Å². The molecule has 1 atom stereocenters. The molecule has 0 unspecified atom stereocenters. The number of nitro groups is 1. The largest absolute Gasteiger partial charge is 0.454 e. The zero-order valence-corrected chi connectivity index (χ0v) is 20.7. The van der Waals surface area contributed by atoms with Crippen molar-refractivity contribution in [1.82, 2.24) is 10.2 Å². The summed E-state index contributed by atoms with van der Waals surface area (Å²) in [5.74, 6) is 0.496. The molecule has 1 amide bonds. The lowest BCUT2D eigenvalue weighted by atomic mass is 9.94. The summed E-state index contributed by atoms with van der Waals surface area (Å²) in [5, 5.41) is 15.5. The molecule has 0 radical (unpaired) electrons. The lowest BCUT2D eigenvalue weighted by Crippen LogP contribution is -2.45. The van der Waals surface area contributed by atoms with Crippen LogP contribution in [0, 0.1) is 10.1 Å². The highest BCUT2D eigenvalue weighted by molar-refractivity contribution is 5.85. The van der Waals surface area contributed by atoms with Crippen LogP contribution in [0.2, 0.25) is 0 Å². The average molecular weight is 502 g/mol. The van der Waals surface area contributed by atoms with Gasteiger partial charge in [-0.25, -0.2) is 0 Å². The molecule has 0 bridgehead atoms. The molecule has 8 heteroatoms. The summed E-state index contributed by atoms with van der Waals surface area (Å²) in [6.45, 7) is 0.862. The molecule has 1 heterocycles. The lowest BCUT2D eigenvalue weighted by molar-refractivity contribution is -0.386. The molecule has 1 aliphatic heterocycles. The first kappa shape index (κ1) is 24.8. The Balaban J connectivity index is 1.59. The number of nitro benzene ring substituents is 1. The second kappa shape index (κ2) is 11.4. The van der Waals surface area contributed by atoms with Crippen LogP contribution in [0.3, 0.4) is 0 Å². The molecular weight excluding hydrogens is 470 g/mol. The molecule has 0 spiro atoms. The first-order chi connectivity index (χ1) is 18.1. The van der Waals surface area contributed by atoms with E-state index in [0.717, 1.165) is 43.2 Å². The fourth-order valence-electron chi connectivity index (χ4n) is 5.23. The number of hydrogen-bond acceptors (Lipinski definition) is 6. The van der Waals surface area contributed by atoms with Gasteiger partial charge in [-0.3, -0.25) is 19.8 Å². The maximum absolute atomic E-state index is 14.1. The van der Waals surface area contributed by atoms with Gasteiger partial charge in [-0.1, -0.05) is 79.9 Å². The zero-order chi connectivity index (χ0) is 25.6. The van der Waals surface area contributed by atoms with Crippen LogP contribution in [-0.2, 0) is 17.9 Å². The molecule has 8 nitrogen and oxygen atoms in total. The standard InChI is InChI=1S/C29H31N3O5/c33-29(30-23-14-8-3-9-15-23)28(24-16-26-27(37-20-36-26)17-25(24)32(34)35)31(18-21-10-4-1-5-11-21)19-22-12-6-2-7-13-22/h1-2,4-7,10-13,16-17,23,28H,3,8-9,14-15,18-20H2,(H,30,33)/t28-/m1/s1. The van der Waals surface area contributed by atoms with E-state index in [2.05, 4.69) is 5.32 Å². The maximum Gasteiger partial charge on any atom is 0.278 e. The minimum Gasteiger partial charge on any atom is -0.454 e. The van der Waals surface area contributed by atoms with Gasteiger partial charge in [0.15, 0.2) is 11.5 Å². The van der Waals surface area contributed by atoms with Crippen LogP contribution in [-0.4, -0.2) is 28.6 Å². The molecule has 2 aliphatic rings. The highest BCUT2D eigenvalue weighted by Crippen LogP contribution is 2.42. The van der Waals surface area contributed by atoms with Crippen LogP contribution in [0.25, 0.3) is 0 Å². The average Bonchev–Trinajstić information content (AvgIpc) is 3.38. The number of benzene rings is 3. The fraction of sp³-hybridized carbons (Fsp3) is 0.345. The van der Waals surface area contributed by atoms with Gasteiger partial charge in [0.25, 0.3) is 5.69 Å². The molecule has 0 aromatic heterocycles. The molecule has 1 saturated carbocycles. The minimum absolute atomic E-state index is 0.00732. The predicted molar refractivity (Wildman–Crippen MR) is 139 cm³/mol. The third-order valence-electron chi connectivity index (χ3n) is 7.04. The Morgan fingerprint density at radius 1 is 0.919 bits per heavy atom. The van der Waals surface area contributed by atoms with Gasteiger partial charge in [-0.2, -0.15) is 0 Å². The normalized spacial score (nSPS) is 15.9. The van der Waals surface area contributed by atoms with E-state index in [1.807, 2.05) is 65.6 Å². The SMILES string of the molecule is O=C(NC1CCCCC1)[C@@H](c1cc2c(cc1[N+](=O)[O-])OCO2)N(Cc1ccccc1)Cc1ccccc1. The summed E-state index contributed by atoms with van der Waals surface area (Å²) < 4.78 is 11.0. The van der Waals surface area contributed by atoms with E-state index in [-0.39, 0.29) is 24.4 Å². The Morgan fingerprint density at radius 3 is 2.05 bits per heavy atom. The number of rotatable bonds is 9. The topological polar surface area (TPSA) is 93.9 Å². The lowest BCUT2D eigenvalue weighted by Gasteiger charge is -2.33. The fourth-order valence-corrected chi connectivity index (χ4v) is 5.23. The number of nitrogens with one attached hydrogen (secondary N) is 1. The Bertz CT molecular complexity index is 1190. The minimum atomic E-state index is -0.905. The quantitative estimate of drug-likeness (QED) is 0.307. The van der Waals surface area contributed by atoms with Crippen LogP contribution in [0.1, 0.15) is 54.8 Å². The third-order valence-corrected chi connectivity index (χ3v) is 7.04. The summed E-state index contributed by atoms with van der Waals surface area (Å²) in [4.78, 5) is 27.9. The monoisotopic (exact) mass is 501 g/mol. The van der Waals surface area contributed by atoms with Crippen LogP contribution >= 0.6 is 0 Å². The molecular formula is C29H31N3O5. The summed E-state index contributed by atoms with van der Waals surface area (Å²) in [6.07, 6.45) is 5.13. The molecule has 1 N–H and O–H groups in total. The molecule has 37 heavy (non-hydrogen) atoms. The molecule has 3 aromatic rings. The van der Waals surface area contributed by atoms with Gasteiger partial charge >= 0.3 is 0 Å². The van der Waals surface area contributed by atoms with Gasteiger partial charge in [-0.15, -0.1) is 0 Å². The number of ether oxygens (including phenoxy) is 2. The van der Waals surface area contributed by atoms with E-state index >= 15 is 0 Å². The molecule has 1 fully saturated rings. The van der Waals surface area contributed by atoms with Crippen LogP contribution in [0.15, 0.2) is 72.8 Å². The van der Waals surface area contributed by atoms with Crippen molar-refractivity contribution in [2.45, 2.75) is 57.3 Å². The first-order valence-corrected chi connectivity index (χ1v) is 12.8. The molecule has 192 valence electrons. The Kier molecular flexibility index (Phi) is 7.65. The van der Waals surface area contributed by atoms with Gasteiger partial charge in [0.1, 0.15) is 6.04 Å². The number of amides is 1. The second-order valence-electron chi connectivity index (χ2n) is 9.64. The van der Waals surface area contributed by atoms with Crippen molar-refractivity contribution in [1.29, 1.82) is 0 Å². The van der Waals surface area contributed by atoms with Gasteiger partial charge in [-0.05, 0) is 30.0 Å². The highest BCUT2D eigenvalue weighted by atomic mass is 16.7. The van der Waals surface area contributed by atoms with Crippen molar-refractivity contribution in [3.05, 3.63) is 99.6 Å². The number of hydrogen-bond donors (Lipinski definition) is 1. The Hall–Kier alpha value is -3.91. The summed E-state index contributed by atoms with van der Waals surface area (Å²) in [5.41, 5.74) is 2.17. The number of carbonyl (C=O) groups is 1. The molecule has 0 saturated heterocycles. The first-order valence-electron chi connectivity index (χ1n) is 12.8. The van der Waals surface area contributed by atoms with Gasteiger partial charge < -0.3 is 14.8 Å².